The molecule has 2 bridgehead atoms. The number of amides is 1. The van der Waals surface area contributed by atoms with Gasteiger partial charge in [0.25, 0.3) is 5.91 Å². The second-order valence-corrected chi connectivity index (χ2v) is 9.61. The molecule has 0 radical (unpaired) electrons. The smallest absolute Gasteiger partial charge is 0.327 e. The first-order valence-corrected chi connectivity index (χ1v) is 11.9. The number of benzene rings is 2. The number of hydrogen-bond donors (Lipinski definition) is 0. The molecular formula is C27H21F5N4O. The number of aromatic nitrogens is 3. The molecule has 2 unspecified atom stereocenters. The lowest BCUT2D eigenvalue weighted by Crippen LogP contribution is -2.49. The van der Waals surface area contributed by atoms with Gasteiger partial charge in [-0.2, -0.15) is 18.3 Å². The third-order valence-corrected chi connectivity index (χ3v) is 7.27. The lowest BCUT2D eigenvalue weighted by molar-refractivity contribution is -0.140. The Morgan fingerprint density at radius 1 is 1.00 bits per heavy atom. The van der Waals surface area contributed by atoms with Gasteiger partial charge in [0.15, 0.2) is 0 Å². The third kappa shape index (κ3) is 3.95. The van der Waals surface area contributed by atoms with Gasteiger partial charge >= 0.3 is 6.18 Å². The number of halogens is 5. The van der Waals surface area contributed by atoms with Gasteiger partial charge in [-0.1, -0.05) is 6.07 Å². The summed E-state index contributed by atoms with van der Waals surface area (Å²) in [6.45, 7) is 0. The van der Waals surface area contributed by atoms with E-state index in [1.807, 2.05) is 4.90 Å². The van der Waals surface area contributed by atoms with Crippen LogP contribution in [0.4, 0.5) is 22.0 Å². The van der Waals surface area contributed by atoms with Crippen LogP contribution >= 0.6 is 0 Å². The minimum absolute atomic E-state index is 0.137. The first-order chi connectivity index (χ1) is 17.6. The maximum Gasteiger partial charge on any atom is 0.433 e. The van der Waals surface area contributed by atoms with E-state index in [0.717, 1.165) is 30.5 Å². The normalized spacial score (nSPS) is 19.2. The molecule has 2 aromatic heterocycles. The number of piperidine rings is 1. The summed E-state index contributed by atoms with van der Waals surface area (Å²) < 4.78 is 68.7. The Balaban J connectivity index is 1.38. The van der Waals surface area contributed by atoms with Gasteiger partial charge < -0.3 is 4.90 Å². The van der Waals surface area contributed by atoms with Crippen LogP contribution in [0.1, 0.15) is 52.6 Å². The molecule has 0 N–H and O–H groups in total. The summed E-state index contributed by atoms with van der Waals surface area (Å²) in [4.78, 5) is 19.2. The number of rotatable bonds is 2. The highest BCUT2D eigenvalue weighted by Crippen LogP contribution is 2.45. The summed E-state index contributed by atoms with van der Waals surface area (Å²) in [5, 5.41) is 5.12. The van der Waals surface area contributed by atoms with Gasteiger partial charge in [0.2, 0.25) is 0 Å². The van der Waals surface area contributed by atoms with Crippen molar-refractivity contribution in [1.82, 2.24) is 19.7 Å². The third-order valence-electron chi connectivity index (χ3n) is 7.27. The Morgan fingerprint density at radius 2 is 1.76 bits per heavy atom. The molecule has 1 fully saturated rings. The van der Waals surface area contributed by atoms with Crippen LogP contribution in [0.25, 0.3) is 22.2 Å². The van der Waals surface area contributed by atoms with E-state index in [9.17, 15) is 26.7 Å². The SMILES string of the molecule is Cn1nc2c(c1-c1cc(F)cc(F)c1)CC1CCCC2N1C(=O)c1ccc2nc(C(F)(F)F)ccc2c1. The lowest BCUT2D eigenvalue weighted by atomic mass is 9.81. The van der Waals surface area contributed by atoms with Crippen LogP contribution in [0, 0.1) is 11.6 Å². The van der Waals surface area contributed by atoms with Gasteiger partial charge in [-0.15, -0.1) is 0 Å². The number of carbonyl (C=O) groups is 1. The van der Waals surface area contributed by atoms with Crippen LogP contribution in [0.3, 0.4) is 0 Å². The van der Waals surface area contributed by atoms with Crippen LogP contribution in [0.5, 0.6) is 0 Å². The molecule has 1 saturated heterocycles. The maximum atomic E-state index is 14.0. The Bertz CT molecular complexity index is 1540. The van der Waals surface area contributed by atoms with Crippen LogP contribution in [0.15, 0.2) is 48.5 Å². The standard InChI is InChI=1S/C27H21F5N4O/c1-35-25(16-10-17(28)12-18(29)11-16)20-13-19-3-2-4-22(24(20)34-35)36(19)26(37)15-5-7-21-14(9-15)6-8-23(33-21)27(30,31)32/h5-12,19,22H,2-4,13H2,1H3. The van der Waals surface area contributed by atoms with Gasteiger partial charge in [0, 0.05) is 41.2 Å². The van der Waals surface area contributed by atoms with Crippen LogP contribution in [-0.4, -0.2) is 31.6 Å². The zero-order valence-corrected chi connectivity index (χ0v) is 19.7. The second kappa shape index (κ2) is 8.36. The molecule has 0 spiro atoms. The number of hydrogen-bond acceptors (Lipinski definition) is 3. The highest BCUT2D eigenvalue weighted by molar-refractivity contribution is 5.98. The number of alkyl halides is 3. The fourth-order valence-electron chi connectivity index (χ4n) is 5.77. The first kappa shape index (κ1) is 23.6. The summed E-state index contributed by atoms with van der Waals surface area (Å²) in [6.07, 6.45) is -1.71. The molecule has 10 heteroatoms. The van der Waals surface area contributed by atoms with Gasteiger partial charge in [0.1, 0.15) is 17.3 Å². The van der Waals surface area contributed by atoms with Crippen LogP contribution in [-0.2, 0) is 19.6 Å². The van der Waals surface area contributed by atoms with Crippen molar-refractivity contribution in [1.29, 1.82) is 0 Å². The fourth-order valence-corrected chi connectivity index (χ4v) is 5.77. The molecule has 4 heterocycles. The molecule has 190 valence electrons. The fraction of sp³-hybridized carbons (Fsp3) is 0.296. The molecule has 0 saturated carbocycles. The minimum Gasteiger partial charge on any atom is -0.327 e. The topological polar surface area (TPSA) is 51.0 Å². The molecule has 2 aliphatic rings. The first-order valence-electron chi connectivity index (χ1n) is 11.9. The molecule has 37 heavy (non-hydrogen) atoms. The Labute approximate surface area is 208 Å². The molecule has 6 rings (SSSR count). The van der Waals surface area contributed by atoms with Gasteiger partial charge in [0.05, 0.1) is 22.9 Å². The zero-order chi connectivity index (χ0) is 26.1. The quantitative estimate of drug-likeness (QED) is 0.300. The largest absolute Gasteiger partial charge is 0.433 e. The van der Waals surface area contributed by atoms with Crippen molar-refractivity contribution in [3.05, 3.63) is 82.7 Å². The van der Waals surface area contributed by atoms with Crippen LogP contribution in [0.2, 0.25) is 0 Å². The molecule has 5 nitrogen and oxygen atoms in total. The number of aryl methyl sites for hydroxylation is 1. The van der Waals surface area contributed by atoms with E-state index >= 15 is 0 Å². The maximum absolute atomic E-state index is 14.0. The summed E-state index contributed by atoms with van der Waals surface area (Å²) in [6, 6.07) is 9.66. The van der Waals surface area contributed by atoms with E-state index in [1.54, 1.807) is 17.8 Å². The minimum atomic E-state index is -4.55. The molecule has 2 aliphatic heterocycles. The highest BCUT2D eigenvalue weighted by atomic mass is 19.4. The molecule has 2 aromatic carbocycles. The van der Waals surface area contributed by atoms with Crippen molar-refractivity contribution < 1.29 is 26.7 Å². The van der Waals surface area contributed by atoms with Gasteiger partial charge in [-0.3, -0.25) is 9.48 Å². The van der Waals surface area contributed by atoms with E-state index in [1.165, 1.54) is 30.3 Å². The monoisotopic (exact) mass is 512 g/mol. The predicted octanol–water partition coefficient (Wildman–Crippen LogP) is 6.22. The average Bonchev–Trinajstić information content (AvgIpc) is 3.17. The predicted molar refractivity (Wildman–Crippen MR) is 126 cm³/mol. The molecule has 1 amide bonds. The average molecular weight is 512 g/mol. The molecule has 0 aliphatic carbocycles. The van der Waals surface area contributed by atoms with Crippen molar-refractivity contribution >= 4 is 16.8 Å². The van der Waals surface area contributed by atoms with Crippen molar-refractivity contribution in [3.8, 4) is 11.3 Å². The Hall–Kier alpha value is -3.82. The van der Waals surface area contributed by atoms with Crippen molar-refractivity contribution in [2.45, 2.75) is 43.9 Å². The van der Waals surface area contributed by atoms with Crippen molar-refractivity contribution in [3.63, 3.8) is 0 Å². The molecule has 4 aromatic rings. The Kier molecular flexibility index (Phi) is 5.32. The summed E-state index contributed by atoms with van der Waals surface area (Å²) >= 11 is 0. The summed E-state index contributed by atoms with van der Waals surface area (Å²) in [5.74, 6) is -1.58. The van der Waals surface area contributed by atoms with E-state index in [2.05, 4.69) is 10.1 Å². The summed E-state index contributed by atoms with van der Waals surface area (Å²) in [5.41, 5.74) is 2.15. The van der Waals surface area contributed by atoms with E-state index in [0.29, 0.717) is 40.7 Å². The Morgan fingerprint density at radius 3 is 2.49 bits per heavy atom. The van der Waals surface area contributed by atoms with Crippen LogP contribution < -0.4 is 0 Å². The molecular weight excluding hydrogens is 491 g/mol. The highest BCUT2D eigenvalue weighted by Gasteiger charge is 2.43. The van der Waals surface area contributed by atoms with E-state index in [4.69, 9.17) is 0 Å². The number of nitrogens with zero attached hydrogens (tertiary/aromatic N) is 4. The second-order valence-electron chi connectivity index (χ2n) is 9.61. The summed E-state index contributed by atoms with van der Waals surface area (Å²) in [7, 11) is 1.72. The lowest BCUT2D eigenvalue weighted by Gasteiger charge is -2.45. The number of carbonyl (C=O) groups excluding carboxylic acids is 1. The van der Waals surface area contributed by atoms with Crippen molar-refractivity contribution in [2.75, 3.05) is 0 Å². The number of fused-ring (bicyclic) bond motifs is 5. The number of pyridine rings is 1. The molecule has 2 atom stereocenters. The zero-order valence-electron chi connectivity index (χ0n) is 19.7. The van der Waals surface area contributed by atoms with Gasteiger partial charge in [-0.05, 0) is 62.1 Å². The van der Waals surface area contributed by atoms with E-state index < -0.39 is 23.5 Å². The van der Waals surface area contributed by atoms with Crippen molar-refractivity contribution in [2.24, 2.45) is 7.05 Å². The van der Waals surface area contributed by atoms with Gasteiger partial charge in [-0.25, -0.2) is 13.8 Å². The van der Waals surface area contributed by atoms with E-state index in [-0.39, 0.29) is 23.5 Å².